The van der Waals surface area contributed by atoms with Crippen LogP contribution >= 0.6 is 0 Å². The van der Waals surface area contributed by atoms with Gasteiger partial charge in [0, 0.05) is 19.6 Å². The van der Waals surface area contributed by atoms with E-state index in [1.165, 1.54) is 0 Å². The van der Waals surface area contributed by atoms with Gasteiger partial charge in [0.1, 0.15) is 0 Å². The average Bonchev–Trinajstić information content (AvgIpc) is 2.33. The van der Waals surface area contributed by atoms with Crippen molar-refractivity contribution < 1.29 is 14.7 Å². The highest BCUT2D eigenvalue weighted by Crippen LogP contribution is 2.24. The van der Waals surface area contributed by atoms with Crippen LogP contribution in [0.15, 0.2) is 0 Å². The van der Waals surface area contributed by atoms with Gasteiger partial charge in [0.05, 0.1) is 5.92 Å². The van der Waals surface area contributed by atoms with Crippen LogP contribution in [0.4, 0.5) is 4.79 Å². The van der Waals surface area contributed by atoms with Crippen molar-refractivity contribution in [2.75, 3.05) is 13.6 Å². The Morgan fingerprint density at radius 3 is 2.05 bits per heavy atom. The lowest BCUT2D eigenvalue weighted by atomic mass is 9.84. The number of nitrogens with one attached hydrogen (secondary N) is 1. The van der Waals surface area contributed by atoms with E-state index in [-0.39, 0.29) is 24.0 Å². The van der Waals surface area contributed by atoms with Crippen molar-refractivity contribution >= 4 is 12.0 Å². The molecule has 0 spiro atoms. The maximum absolute atomic E-state index is 12.0. The number of carboxylic acid groups (broad SMARTS) is 1. The molecule has 0 aromatic heterocycles. The molecule has 0 saturated heterocycles. The van der Waals surface area contributed by atoms with Gasteiger partial charge in [-0.2, -0.15) is 0 Å². The molecule has 0 radical (unpaired) electrons. The first kappa shape index (κ1) is 18.7. The van der Waals surface area contributed by atoms with Crippen molar-refractivity contribution in [1.82, 2.24) is 10.2 Å². The first-order valence-corrected chi connectivity index (χ1v) is 7.35. The summed E-state index contributed by atoms with van der Waals surface area (Å²) in [6.07, 6.45) is 2.33. The number of carboxylic acids is 1. The molecular weight excluding hydrogens is 256 g/mol. The summed E-state index contributed by atoms with van der Waals surface area (Å²) < 4.78 is 0. The van der Waals surface area contributed by atoms with Crippen LogP contribution in [0.5, 0.6) is 0 Å². The monoisotopic (exact) mass is 286 g/mol. The Hall–Kier alpha value is -1.26. The number of carbonyl (C=O) groups excluding carboxylic acids is 1. The van der Waals surface area contributed by atoms with Crippen LogP contribution in [0.25, 0.3) is 0 Å². The van der Waals surface area contributed by atoms with Gasteiger partial charge < -0.3 is 15.3 Å². The zero-order valence-electron chi connectivity index (χ0n) is 13.7. The van der Waals surface area contributed by atoms with Crippen molar-refractivity contribution in [2.45, 2.75) is 59.9 Å². The molecule has 118 valence electrons. The van der Waals surface area contributed by atoms with E-state index in [9.17, 15) is 14.7 Å². The normalized spacial score (nSPS) is 13.2. The molecule has 0 aliphatic heterocycles. The average molecular weight is 286 g/mol. The quantitative estimate of drug-likeness (QED) is 0.756. The predicted octanol–water partition coefficient (Wildman–Crippen LogP) is 2.95. The summed E-state index contributed by atoms with van der Waals surface area (Å²) in [5.74, 6) is -1.40. The summed E-state index contributed by atoms with van der Waals surface area (Å²) in [7, 11) is 1.76. The molecule has 0 fully saturated rings. The summed E-state index contributed by atoms with van der Waals surface area (Å²) in [5, 5.41) is 12.0. The minimum absolute atomic E-state index is 0.0743. The van der Waals surface area contributed by atoms with Crippen LogP contribution in [-0.2, 0) is 4.79 Å². The molecule has 0 rings (SSSR count). The van der Waals surface area contributed by atoms with Crippen LogP contribution in [0.2, 0.25) is 0 Å². The molecule has 20 heavy (non-hydrogen) atoms. The van der Waals surface area contributed by atoms with E-state index in [1.54, 1.807) is 11.9 Å². The second kappa shape index (κ2) is 8.12. The molecule has 1 unspecified atom stereocenters. The first-order chi connectivity index (χ1) is 9.12. The fourth-order valence-electron chi connectivity index (χ4n) is 2.32. The molecular formula is C15H30N2O3. The molecule has 0 bridgehead atoms. The van der Waals surface area contributed by atoms with Crippen molar-refractivity contribution in [3.05, 3.63) is 0 Å². The summed E-state index contributed by atoms with van der Waals surface area (Å²) in [6.45, 7) is 10.3. The van der Waals surface area contributed by atoms with Crippen LogP contribution in [0, 0.1) is 11.3 Å². The number of urea groups is 1. The molecule has 5 nitrogen and oxygen atoms in total. The zero-order valence-corrected chi connectivity index (χ0v) is 13.7. The third kappa shape index (κ3) is 6.78. The number of hydrogen-bond acceptors (Lipinski definition) is 2. The SMILES string of the molecule is CCC(CC)N(C)C(=O)NCC(CC(C)(C)C)C(=O)O. The van der Waals surface area contributed by atoms with Gasteiger partial charge in [-0.1, -0.05) is 34.6 Å². The van der Waals surface area contributed by atoms with E-state index in [0.29, 0.717) is 6.42 Å². The zero-order chi connectivity index (χ0) is 15.9. The van der Waals surface area contributed by atoms with Crippen LogP contribution in [-0.4, -0.2) is 41.6 Å². The van der Waals surface area contributed by atoms with Gasteiger partial charge in [-0.3, -0.25) is 4.79 Å². The summed E-state index contributed by atoms with van der Waals surface area (Å²) in [6, 6.07) is -0.000228. The molecule has 2 amide bonds. The Morgan fingerprint density at radius 1 is 1.20 bits per heavy atom. The minimum Gasteiger partial charge on any atom is -0.481 e. The van der Waals surface area contributed by atoms with Gasteiger partial charge in [-0.05, 0) is 24.7 Å². The molecule has 0 aromatic carbocycles. The molecule has 0 aliphatic carbocycles. The molecule has 1 atom stereocenters. The van der Waals surface area contributed by atoms with Gasteiger partial charge in [-0.15, -0.1) is 0 Å². The van der Waals surface area contributed by atoms with Crippen LogP contribution < -0.4 is 5.32 Å². The first-order valence-electron chi connectivity index (χ1n) is 7.35. The van der Waals surface area contributed by atoms with Gasteiger partial charge in [-0.25, -0.2) is 4.79 Å². The highest BCUT2D eigenvalue weighted by Gasteiger charge is 2.26. The number of amides is 2. The van der Waals surface area contributed by atoms with Crippen LogP contribution in [0.3, 0.4) is 0 Å². The Balaban J connectivity index is 4.48. The predicted molar refractivity (Wildman–Crippen MR) is 80.7 cm³/mol. The molecule has 0 heterocycles. The van der Waals surface area contributed by atoms with E-state index in [1.807, 2.05) is 34.6 Å². The van der Waals surface area contributed by atoms with E-state index < -0.39 is 11.9 Å². The van der Waals surface area contributed by atoms with Crippen LogP contribution in [0.1, 0.15) is 53.9 Å². The lowest BCUT2D eigenvalue weighted by Crippen LogP contribution is -2.45. The number of rotatable bonds is 7. The van der Waals surface area contributed by atoms with E-state index in [0.717, 1.165) is 12.8 Å². The second-order valence-corrected chi connectivity index (χ2v) is 6.57. The summed E-state index contributed by atoms with van der Waals surface area (Å²) in [4.78, 5) is 24.9. The van der Waals surface area contributed by atoms with Crippen molar-refractivity contribution in [1.29, 1.82) is 0 Å². The minimum atomic E-state index is -0.856. The fourth-order valence-corrected chi connectivity index (χ4v) is 2.32. The number of carbonyl (C=O) groups is 2. The Morgan fingerprint density at radius 2 is 1.70 bits per heavy atom. The number of nitrogens with zero attached hydrogens (tertiary/aromatic N) is 1. The fraction of sp³-hybridized carbons (Fsp3) is 0.867. The smallest absolute Gasteiger partial charge is 0.317 e. The summed E-state index contributed by atoms with van der Waals surface area (Å²) >= 11 is 0. The molecule has 0 aromatic rings. The molecule has 5 heteroatoms. The van der Waals surface area contributed by atoms with Gasteiger partial charge in [0.15, 0.2) is 0 Å². The Labute approximate surface area is 122 Å². The number of hydrogen-bond donors (Lipinski definition) is 2. The maximum Gasteiger partial charge on any atom is 0.317 e. The largest absolute Gasteiger partial charge is 0.481 e. The lowest BCUT2D eigenvalue weighted by molar-refractivity contribution is -0.142. The molecule has 2 N–H and O–H groups in total. The van der Waals surface area contributed by atoms with E-state index >= 15 is 0 Å². The third-order valence-corrected chi connectivity index (χ3v) is 3.52. The highest BCUT2D eigenvalue weighted by molar-refractivity contribution is 5.76. The Kier molecular flexibility index (Phi) is 7.61. The van der Waals surface area contributed by atoms with Gasteiger partial charge >= 0.3 is 12.0 Å². The lowest BCUT2D eigenvalue weighted by Gasteiger charge is -2.28. The Bertz CT molecular complexity index is 320. The topological polar surface area (TPSA) is 69.6 Å². The third-order valence-electron chi connectivity index (χ3n) is 3.52. The van der Waals surface area contributed by atoms with Gasteiger partial charge in [0.2, 0.25) is 0 Å². The number of aliphatic carboxylic acids is 1. The highest BCUT2D eigenvalue weighted by atomic mass is 16.4. The second-order valence-electron chi connectivity index (χ2n) is 6.57. The van der Waals surface area contributed by atoms with E-state index in [4.69, 9.17) is 0 Å². The molecule has 0 saturated carbocycles. The van der Waals surface area contributed by atoms with Gasteiger partial charge in [0.25, 0.3) is 0 Å². The van der Waals surface area contributed by atoms with Crippen molar-refractivity contribution in [2.24, 2.45) is 11.3 Å². The maximum atomic E-state index is 12.0. The van der Waals surface area contributed by atoms with Crippen molar-refractivity contribution in [3.8, 4) is 0 Å². The molecule has 0 aliphatic rings. The van der Waals surface area contributed by atoms with E-state index in [2.05, 4.69) is 5.32 Å². The van der Waals surface area contributed by atoms with Crippen molar-refractivity contribution in [3.63, 3.8) is 0 Å². The standard InChI is InChI=1S/C15H30N2O3/c1-7-12(8-2)17(6)14(20)16-10-11(13(18)19)9-15(3,4)5/h11-12H,7-10H2,1-6H3,(H,16,20)(H,18,19). The summed E-state index contributed by atoms with van der Waals surface area (Å²) in [5.41, 5.74) is -0.0743.